The fourth-order valence-corrected chi connectivity index (χ4v) is 27.4. The first kappa shape index (κ1) is 118. The number of rotatable bonds is 26. The van der Waals surface area contributed by atoms with E-state index < -0.39 is 100 Å². The van der Waals surface area contributed by atoms with Crippen molar-refractivity contribution in [3.63, 3.8) is 0 Å². The van der Waals surface area contributed by atoms with Crippen molar-refractivity contribution in [3.05, 3.63) is 271 Å². The van der Waals surface area contributed by atoms with E-state index >= 15 is 0 Å². The van der Waals surface area contributed by atoms with E-state index in [-0.39, 0.29) is 57.9 Å². The van der Waals surface area contributed by atoms with Crippen molar-refractivity contribution >= 4 is 122 Å². The van der Waals surface area contributed by atoms with E-state index in [1.165, 1.54) is 26.0 Å². The third-order valence-electron chi connectivity index (χ3n) is 21.8. The van der Waals surface area contributed by atoms with Gasteiger partial charge < -0.3 is 62.5 Å². The molecule has 10 aromatic carbocycles. The minimum absolute atomic E-state index is 0. The molecule has 0 aliphatic rings. The smallest absolute Gasteiger partial charge is 0 e. The minimum Gasteiger partial charge on any atom is 0 e. The Morgan fingerprint density at radius 1 is 0.313 bits per heavy atom. The van der Waals surface area contributed by atoms with Gasteiger partial charge >= 0.3 is 52.4 Å². The zero-order valence-corrected chi connectivity index (χ0v) is 87.9. The van der Waals surface area contributed by atoms with Crippen molar-refractivity contribution in [3.8, 4) is 46.0 Å². The van der Waals surface area contributed by atoms with Gasteiger partial charge in [0.25, 0.3) is 0 Å². The summed E-state index contributed by atoms with van der Waals surface area (Å²) in [6.45, 7) is 9.55. The van der Waals surface area contributed by atoms with Crippen molar-refractivity contribution in [1.82, 2.24) is 23.7 Å². The van der Waals surface area contributed by atoms with Crippen LogP contribution in [0.15, 0.2) is 200 Å². The summed E-state index contributed by atoms with van der Waals surface area (Å²) in [4.78, 5) is 8.28. The Bertz CT molecular complexity index is 5410. The molecule has 0 unspecified atom stereocenters. The zero-order chi connectivity index (χ0) is 98.3. The van der Waals surface area contributed by atoms with Crippen LogP contribution in [-0.4, -0.2) is 171 Å². The molecule has 134 heavy (non-hydrogen) atoms. The van der Waals surface area contributed by atoms with Crippen LogP contribution in [-0.2, 0) is 72.4 Å². The molecule has 0 saturated carbocycles. The molecule has 1 heterocycles. The standard InChI is InChI=1S/C32H24BF12.2C28H39N3O5P2.C7H9N.2CH3.ClH.2Pd/c1-17-5-18(2)9-25(8-17)33(26-10-19(3)6-21(13-26)29(34,35)36,27-11-20(4)7-22(14-27)30(37,38)39)28-15-23(31(40,41)42)12-24(16-28)32(43,44)45;2*1-29(2)20-11-16-28(38(32,30(3)4)31(5)6)27(17-20)37(25-14-12-21(33-7)18-23(25)35-9)26-15-13-22(34-8)19-24(26)36-10;1-6-4-3-5-7(2)8-6;;;;;/h5-16H,1-4H3;2*11-19H,1-10H3;3-5H,1-2H3;2*1H3;1H;;/q-1;;;;2*-1;;;+2/p+1. The van der Waals surface area contributed by atoms with Crippen LogP contribution < -0.4 is 112 Å². The second-order valence-corrected chi connectivity index (χ2v) is 43.1. The van der Waals surface area contributed by atoms with Crippen molar-refractivity contribution < 1.29 is 138 Å². The zero-order valence-electron chi connectivity index (χ0n) is 80.3. The maximum absolute atomic E-state index is 14.7. The van der Waals surface area contributed by atoms with Gasteiger partial charge in [0.1, 0.15) is 76.8 Å². The van der Waals surface area contributed by atoms with E-state index in [1.54, 1.807) is 76.8 Å². The van der Waals surface area contributed by atoms with Crippen LogP contribution in [0.4, 0.5) is 64.1 Å². The summed E-state index contributed by atoms with van der Waals surface area (Å²) in [7, 11) is 30.6. The van der Waals surface area contributed by atoms with Crippen LogP contribution in [0, 0.1) is 56.4 Å². The maximum atomic E-state index is 14.7. The molecule has 0 fully saturated rings. The predicted molar refractivity (Wildman–Crippen MR) is 525 cm³/mol. The number of anilines is 2. The van der Waals surface area contributed by atoms with E-state index in [0.29, 0.717) is 81.4 Å². The molecule has 0 radical (unpaired) electrons. The van der Waals surface area contributed by atoms with Gasteiger partial charge in [-0.25, -0.2) is 18.7 Å². The maximum Gasteiger partial charge on any atom is 0 e. The monoisotopic (exact) mass is 2150 g/mol. The Morgan fingerprint density at radius 3 is 0.769 bits per heavy atom. The molecule has 11 aromatic rings. The number of benzene rings is 10. The Labute approximate surface area is 812 Å². The number of methoxy groups -OCH3 is 8. The number of pyridine rings is 1. The van der Waals surface area contributed by atoms with E-state index in [1.807, 2.05) is 232 Å². The van der Waals surface area contributed by atoms with E-state index in [2.05, 4.69) is 54.6 Å². The Hall–Kier alpha value is -8.65. The van der Waals surface area contributed by atoms with Gasteiger partial charge in [0.2, 0.25) is 14.9 Å². The third kappa shape index (κ3) is 27.5. The normalized spacial score (nSPS) is 11.7. The molecule has 0 N–H and O–H groups in total. The molecule has 0 saturated heterocycles. The first-order valence-electron chi connectivity index (χ1n) is 40.4. The van der Waals surface area contributed by atoms with E-state index in [4.69, 9.17) is 37.9 Å². The first-order chi connectivity index (χ1) is 61.3. The molecule has 1 aromatic heterocycles. The number of aromatic nitrogens is 1. The van der Waals surface area contributed by atoms with Crippen molar-refractivity contribution in [2.75, 3.05) is 151 Å². The van der Waals surface area contributed by atoms with Crippen LogP contribution in [0.5, 0.6) is 46.0 Å². The number of hydrogen-bond acceptors (Lipinski definition) is 13. The average Bonchev–Trinajstić information content (AvgIpc) is 0.715. The fraction of sp³-hybridized carbons (Fsp3) is 0.309. The number of aryl methyl sites for hydroxylation is 6. The second-order valence-electron chi connectivity index (χ2n) is 32.0. The Kier molecular flexibility index (Phi) is 43.5. The molecule has 736 valence electrons. The molecule has 0 aliphatic heterocycles. The van der Waals surface area contributed by atoms with Crippen LogP contribution in [0.2, 0.25) is 0 Å². The van der Waals surface area contributed by atoms with Gasteiger partial charge in [-0.05, 0) is 201 Å². The summed E-state index contributed by atoms with van der Waals surface area (Å²) >= 11 is 2.22. The average molecular weight is 2150 g/mol. The summed E-state index contributed by atoms with van der Waals surface area (Å²) in [6, 6.07) is 51.6. The number of ether oxygens (including phenoxy) is 8. The second kappa shape index (κ2) is 49.6. The summed E-state index contributed by atoms with van der Waals surface area (Å²) in [6.07, 6.45) is -24.3. The SMILES string of the molecule is COc1ccc([PH+](c2ccc(OC)cc2OC)c2cc(N(C)C)ccc2P(=O)(N(C)C)N(C)C)c(OC)c1.COc1ccc([PH+](c2ccc(OC)cc2OC)c2cc(N(C)C)ccc2P(=O)(N(C)C)N(C)C)c(OC)c1.Cc1cc(C)cc([B-](c2cc(C)cc(C(F)(F)F)c2)(c2cc(C)cc(C(F)(F)F)c2)c2cc(C(F)(F)F)cc(C(F)(F)F)c2)c1.Cc1cccc(C)n1.[CH3-].[CH3-].[Cl][Pd+].[Pd]. The molecule has 0 amide bonds. The molecular weight excluding hydrogens is 2030 g/mol. The molecule has 0 bridgehead atoms. The number of nitrogens with zero attached hydrogens (tertiary/aromatic N) is 7. The van der Waals surface area contributed by atoms with Crippen molar-refractivity contribution in [2.24, 2.45) is 0 Å². The number of hydrogen-bond donors (Lipinski definition) is 0. The van der Waals surface area contributed by atoms with Gasteiger partial charge in [-0.2, -0.15) is 74.5 Å². The molecule has 0 aliphatic carbocycles. The van der Waals surface area contributed by atoms with Gasteiger partial charge in [-0.1, -0.05) is 82.9 Å². The van der Waals surface area contributed by atoms with Crippen LogP contribution in [0.25, 0.3) is 0 Å². The summed E-state index contributed by atoms with van der Waals surface area (Å²) in [5.74, 6) is 5.57. The van der Waals surface area contributed by atoms with E-state index in [0.717, 1.165) is 89.5 Å². The van der Waals surface area contributed by atoms with Gasteiger partial charge in [0, 0.05) is 108 Å². The quantitative estimate of drug-likeness (QED) is 0.0219. The first-order valence-corrected chi connectivity index (χ1v) is 48.6. The largest absolute Gasteiger partial charge is 0 e. The Morgan fingerprint density at radius 2 is 0.552 bits per heavy atom. The molecule has 0 spiro atoms. The fourth-order valence-electron chi connectivity index (χ4n) is 15.8. The molecule has 11 rings (SSSR count). The topological polar surface area (TPSA) is 140 Å². The van der Waals surface area contributed by atoms with Crippen LogP contribution in [0.1, 0.15) is 55.9 Å². The van der Waals surface area contributed by atoms with Gasteiger partial charge in [0.15, 0.2) is 23.0 Å². The van der Waals surface area contributed by atoms with Gasteiger partial charge in [0.05, 0.1) is 89.7 Å². The molecule has 0 atom stereocenters. The summed E-state index contributed by atoms with van der Waals surface area (Å²) < 4.78 is 252. The summed E-state index contributed by atoms with van der Waals surface area (Å²) in [5, 5.41) is 7.49. The van der Waals surface area contributed by atoms with E-state index in [9.17, 15) is 61.8 Å². The molecule has 37 heteroatoms. The molecular formula is C97H119BClF12N7O10P4Pd2. The Balaban J connectivity index is 0.000000396. The summed E-state index contributed by atoms with van der Waals surface area (Å²) in [5.41, 5.74) is -2.86. The number of alkyl halides is 12. The van der Waals surface area contributed by atoms with Crippen molar-refractivity contribution in [2.45, 2.75) is 66.2 Å². The van der Waals surface area contributed by atoms with Gasteiger partial charge in [-0.15, -0.1) is 0 Å². The molecule has 17 nitrogen and oxygen atoms in total. The predicted octanol–water partition coefficient (Wildman–Crippen LogP) is 18.1. The van der Waals surface area contributed by atoms with Crippen LogP contribution in [0.3, 0.4) is 0 Å². The van der Waals surface area contributed by atoms with Gasteiger partial charge in [-0.3, -0.25) is 14.1 Å². The van der Waals surface area contributed by atoms with Crippen LogP contribution >= 0.6 is 40.3 Å². The third-order valence-corrected chi connectivity index (χ3v) is 34.3. The minimum atomic E-state index is -5.35. The number of halogens is 13. The van der Waals surface area contributed by atoms with Crippen molar-refractivity contribution in [1.29, 1.82) is 0 Å².